The summed E-state index contributed by atoms with van der Waals surface area (Å²) >= 11 is 1.10. The Hall–Kier alpha value is -1.42. The summed E-state index contributed by atoms with van der Waals surface area (Å²) in [5.41, 5.74) is 0.710. The van der Waals surface area contributed by atoms with E-state index in [1.807, 2.05) is 6.07 Å². The van der Waals surface area contributed by atoms with Crippen molar-refractivity contribution in [1.82, 2.24) is 4.98 Å². The average molecular weight is 266 g/mol. The number of carbonyl (C=O) groups is 1. The van der Waals surface area contributed by atoms with Gasteiger partial charge in [-0.15, -0.1) is 0 Å². The Bertz CT molecular complexity index is 442. The van der Waals surface area contributed by atoms with E-state index in [4.69, 9.17) is 5.26 Å². The molecule has 2 N–H and O–H groups in total. The van der Waals surface area contributed by atoms with Gasteiger partial charge in [0, 0.05) is 18.9 Å². The van der Waals surface area contributed by atoms with E-state index < -0.39 is 12.2 Å². The molecule has 6 heteroatoms. The van der Waals surface area contributed by atoms with E-state index in [0.717, 1.165) is 11.8 Å². The van der Waals surface area contributed by atoms with Gasteiger partial charge >= 0.3 is 0 Å². The molecular weight excluding hydrogens is 252 g/mol. The molecule has 1 rings (SSSR count). The molecule has 1 heterocycles. The molecule has 18 heavy (non-hydrogen) atoms. The number of carbonyl (C=O) groups excluding carboxylic acids is 1. The predicted molar refractivity (Wildman–Crippen MR) is 67.7 cm³/mol. The van der Waals surface area contributed by atoms with Crippen LogP contribution in [-0.4, -0.2) is 32.2 Å². The van der Waals surface area contributed by atoms with Crippen LogP contribution in [0.1, 0.15) is 30.7 Å². The van der Waals surface area contributed by atoms with Gasteiger partial charge in [-0.2, -0.15) is 5.26 Å². The summed E-state index contributed by atoms with van der Waals surface area (Å²) in [5, 5.41) is 28.1. The second-order valence-electron chi connectivity index (χ2n) is 3.72. The third-order valence-electron chi connectivity index (χ3n) is 2.30. The van der Waals surface area contributed by atoms with Gasteiger partial charge in [0.25, 0.3) is 0 Å². The van der Waals surface area contributed by atoms with Crippen LogP contribution < -0.4 is 0 Å². The number of aromatic nitrogens is 1. The molecule has 0 aliphatic heterocycles. The van der Waals surface area contributed by atoms with Gasteiger partial charge in [-0.3, -0.25) is 9.78 Å². The zero-order valence-corrected chi connectivity index (χ0v) is 10.7. The van der Waals surface area contributed by atoms with Crippen molar-refractivity contribution < 1.29 is 15.0 Å². The van der Waals surface area contributed by atoms with Crippen LogP contribution in [-0.2, 0) is 4.79 Å². The van der Waals surface area contributed by atoms with E-state index in [0.29, 0.717) is 23.4 Å². The molecule has 96 valence electrons. The number of hydrogen-bond acceptors (Lipinski definition) is 6. The van der Waals surface area contributed by atoms with E-state index in [1.54, 1.807) is 0 Å². The summed E-state index contributed by atoms with van der Waals surface area (Å²) in [6, 6.07) is 4.96. The molecule has 0 saturated carbocycles. The highest BCUT2D eigenvalue weighted by Gasteiger charge is 2.19. The number of thioether (sulfide) groups is 1. The second-order valence-corrected chi connectivity index (χ2v) is 5.00. The van der Waals surface area contributed by atoms with Crippen molar-refractivity contribution in [2.75, 3.05) is 5.75 Å². The van der Waals surface area contributed by atoms with Gasteiger partial charge < -0.3 is 10.2 Å². The minimum atomic E-state index is -1.11. The van der Waals surface area contributed by atoms with Crippen molar-refractivity contribution in [2.45, 2.75) is 25.6 Å². The number of nitriles is 1. The number of nitrogens with zero attached hydrogens (tertiary/aromatic N) is 2. The molecule has 0 spiro atoms. The lowest BCUT2D eigenvalue weighted by Gasteiger charge is -2.16. The third-order valence-corrected chi connectivity index (χ3v) is 3.15. The van der Waals surface area contributed by atoms with E-state index >= 15 is 0 Å². The molecule has 0 fully saturated rings. The minimum Gasteiger partial charge on any atom is -0.390 e. The maximum Gasteiger partial charge on any atom is 0.185 e. The normalized spacial score (nSPS) is 13.7. The van der Waals surface area contributed by atoms with E-state index in [2.05, 4.69) is 4.98 Å². The van der Waals surface area contributed by atoms with Crippen molar-refractivity contribution >= 4 is 16.9 Å². The van der Waals surface area contributed by atoms with Crippen molar-refractivity contribution in [3.05, 3.63) is 29.6 Å². The van der Waals surface area contributed by atoms with Gasteiger partial charge in [0.15, 0.2) is 5.12 Å². The summed E-state index contributed by atoms with van der Waals surface area (Å²) in [5.74, 6) is 0.448. The van der Waals surface area contributed by atoms with Crippen LogP contribution in [0.3, 0.4) is 0 Å². The molecule has 5 nitrogen and oxygen atoms in total. The van der Waals surface area contributed by atoms with Crippen molar-refractivity contribution in [2.24, 2.45) is 0 Å². The first-order chi connectivity index (χ1) is 8.54. The molecule has 2 atom stereocenters. The topological polar surface area (TPSA) is 94.2 Å². The van der Waals surface area contributed by atoms with E-state index in [1.165, 1.54) is 25.3 Å². The molecule has 0 aromatic carbocycles. The molecule has 0 aliphatic rings. The molecular formula is C12H14N2O3S. The lowest BCUT2D eigenvalue weighted by atomic mass is 10.1. The summed E-state index contributed by atoms with van der Waals surface area (Å²) in [6.07, 6.45) is -0.439. The number of aliphatic hydroxyl groups excluding tert-OH is 2. The molecule has 0 radical (unpaired) electrons. The van der Waals surface area contributed by atoms with Gasteiger partial charge in [0.2, 0.25) is 0 Å². The van der Waals surface area contributed by atoms with Gasteiger partial charge in [-0.1, -0.05) is 11.8 Å². The fraction of sp³-hybridized carbons (Fsp3) is 0.417. The zero-order chi connectivity index (χ0) is 13.5. The zero-order valence-electron chi connectivity index (χ0n) is 9.91. The van der Waals surface area contributed by atoms with E-state index in [9.17, 15) is 15.0 Å². The van der Waals surface area contributed by atoms with Gasteiger partial charge in [0.05, 0.1) is 17.4 Å². The van der Waals surface area contributed by atoms with Crippen molar-refractivity contribution in [1.29, 1.82) is 5.26 Å². The van der Waals surface area contributed by atoms with Gasteiger partial charge in [0.1, 0.15) is 12.2 Å². The van der Waals surface area contributed by atoms with Crippen LogP contribution in [0, 0.1) is 11.3 Å². The smallest absolute Gasteiger partial charge is 0.185 e. The van der Waals surface area contributed by atoms with Crippen molar-refractivity contribution in [3.63, 3.8) is 0 Å². The summed E-state index contributed by atoms with van der Waals surface area (Å²) in [7, 11) is 0. The first-order valence-electron chi connectivity index (χ1n) is 5.40. The summed E-state index contributed by atoms with van der Waals surface area (Å²) < 4.78 is 0. The van der Waals surface area contributed by atoms with Crippen LogP contribution >= 0.6 is 11.8 Å². The lowest BCUT2D eigenvalue weighted by Crippen LogP contribution is -2.20. The molecule has 2 unspecified atom stereocenters. The Morgan fingerprint density at radius 2 is 2.28 bits per heavy atom. The van der Waals surface area contributed by atoms with Gasteiger partial charge in [-0.25, -0.2) is 0 Å². The highest BCUT2D eigenvalue weighted by atomic mass is 32.2. The Balaban J connectivity index is 2.54. The Kier molecular flexibility index (Phi) is 5.78. The van der Waals surface area contributed by atoms with E-state index in [-0.39, 0.29) is 5.12 Å². The van der Waals surface area contributed by atoms with Crippen LogP contribution in [0.25, 0.3) is 0 Å². The maximum absolute atomic E-state index is 10.7. The second kappa shape index (κ2) is 7.11. The monoisotopic (exact) mass is 266 g/mol. The average Bonchev–Trinajstić information content (AvgIpc) is 2.37. The molecule has 0 bridgehead atoms. The predicted octanol–water partition coefficient (Wildman–Crippen LogP) is 1.02. The van der Waals surface area contributed by atoms with Crippen LogP contribution in [0.2, 0.25) is 0 Å². The lowest BCUT2D eigenvalue weighted by molar-refractivity contribution is -0.109. The number of aliphatic hydroxyl groups is 2. The number of hydrogen-bond donors (Lipinski definition) is 2. The molecule has 1 aromatic heterocycles. The summed E-state index contributed by atoms with van der Waals surface area (Å²) in [6.45, 7) is 1.45. The highest BCUT2D eigenvalue weighted by molar-refractivity contribution is 8.13. The number of pyridine rings is 1. The fourth-order valence-corrected chi connectivity index (χ4v) is 1.97. The standard InChI is InChI=1S/C12H14N2O3S/c1-8(15)18-5-4-11(16)12(17)10-3-2-9(6-13)7-14-10/h2-3,7,11-12,16-17H,4-5H2,1H3. The van der Waals surface area contributed by atoms with Crippen LogP contribution in [0.5, 0.6) is 0 Å². The maximum atomic E-state index is 10.7. The molecule has 0 amide bonds. The fourth-order valence-electron chi connectivity index (χ4n) is 1.32. The molecule has 0 saturated heterocycles. The Morgan fingerprint density at radius 1 is 1.56 bits per heavy atom. The van der Waals surface area contributed by atoms with Crippen LogP contribution in [0.15, 0.2) is 18.3 Å². The Labute approximate surface area is 109 Å². The molecule has 1 aromatic rings. The minimum absolute atomic E-state index is 0.0202. The largest absolute Gasteiger partial charge is 0.390 e. The van der Waals surface area contributed by atoms with Crippen molar-refractivity contribution in [3.8, 4) is 6.07 Å². The van der Waals surface area contributed by atoms with Crippen LogP contribution in [0.4, 0.5) is 0 Å². The highest BCUT2D eigenvalue weighted by Crippen LogP contribution is 2.19. The Morgan fingerprint density at radius 3 is 2.78 bits per heavy atom. The first kappa shape index (κ1) is 14.6. The third kappa shape index (κ3) is 4.45. The first-order valence-corrected chi connectivity index (χ1v) is 6.38. The SMILES string of the molecule is CC(=O)SCCC(O)C(O)c1ccc(C#N)cn1. The quantitative estimate of drug-likeness (QED) is 0.826. The van der Waals surface area contributed by atoms with Gasteiger partial charge in [-0.05, 0) is 18.6 Å². The summed E-state index contributed by atoms with van der Waals surface area (Å²) in [4.78, 5) is 14.6. The molecule has 0 aliphatic carbocycles. The number of rotatable bonds is 5.